The van der Waals surface area contributed by atoms with Crippen LogP contribution in [-0.2, 0) is 13.6 Å². The smallest absolute Gasteiger partial charge is 0.277 e. The number of carbonyl (C=O) groups is 1. The van der Waals surface area contributed by atoms with Gasteiger partial charge >= 0.3 is 0 Å². The second kappa shape index (κ2) is 6.27. The molecular formula is C16H15N5O2. The van der Waals surface area contributed by atoms with E-state index < -0.39 is 5.91 Å². The molecule has 0 radical (unpaired) electrons. The van der Waals surface area contributed by atoms with Gasteiger partial charge in [0.05, 0.1) is 6.54 Å². The Balaban J connectivity index is 1.82. The number of anilines is 1. The summed E-state index contributed by atoms with van der Waals surface area (Å²) in [5.41, 5.74) is 0.832. The molecule has 0 saturated carbocycles. The summed E-state index contributed by atoms with van der Waals surface area (Å²) in [5, 5.41) is 10.8. The highest BCUT2D eigenvalue weighted by Gasteiger charge is 2.11. The van der Waals surface area contributed by atoms with Crippen LogP contribution in [0.25, 0.3) is 0 Å². The zero-order chi connectivity index (χ0) is 16.2. The second-order valence-corrected chi connectivity index (χ2v) is 5.03. The fraction of sp³-hybridized carbons (Fsp3) is 0.125. The van der Waals surface area contributed by atoms with E-state index in [1.54, 1.807) is 24.0 Å². The van der Waals surface area contributed by atoms with E-state index >= 15 is 0 Å². The lowest BCUT2D eigenvalue weighted by Crippen LogP contribution is -2.26. The molecule has 1 aromatic carbocycles. The molecule has 23 heavy (non-hydrogen) atoms. The zero-order valence-electron chi connectivity index (χ0n) is 12.5. The summed E-state index contributed by atoms with van der Waals surface area (Å²) in [6.45, 7) is 0.310. The monoisotopic (exact) mass is 309 g/mol. The van der Waals surface area contributed by atoms with Crippen molar-refractivity contribution in [1.82, 2.24) is 19.6 Å². The third kappa shape index (κ3) is 3.52. The Labute approximate surface area is 132 Å². The average molecular weight is 309 g/mol. The summed E-state index contributed by atoms with van der Waals surface area (Å²) < 4.78 is 2.85. The van der Waals surface area contributed by atoms with E-state index in [2.05, 4.69) is 15.5 Å². The number of hydrogen-bond acceptors (Lipinski definition) is 4. The van der Waals surface area contributed by atoms with Crippen molar-refractivity contribution < 1.29 is 4.79 Å². The zero-order valence-corrected chi connectivity index (χ0v) is 12.5. The van der Waals surface area contributed by atoms with E-state index in [4.69, 9.17) is 0 Å². The van der Waals surface area contributed by atoms with E-state index in [1.165, 1.54) is 16.8 Å². The molecule has 0 aliphatic heterocycles. The number of amides is 1. The Morgan fingerprint density at radius 1 is 1.09 bits per heavy atom. The summed E-state index contributed by atoms with van der Waals surface area (Å²) in [6, 6.07) is 13.9. The maximum atomic E-state index is 12.2. The van der Waals surface area contributed by atoms with Crippen LogP contribution in [0.4, 0.5) is 5.82 Å². The fourth-order valence-corrected chi connectivity index (χ4v) is 2.10. The Morgan fingerprint density at radius 2 is 1.87 bits per heavy atom. The molecule has 116 valence electrons. The summed E-state index contributed by atoms with van der Waals surface area (Å²) >= 11 is 0. The molecule has 0 saturated heterocycles. The summed E-state index contributed by atoms with van der Waals surface area (Å²) in [6.07, 6.45) is 1.72. The van der Waals surface area contributed by atoms with Crippen LogP contribution in [0.2, 0.25) is 0 Å². The molecule has 0 aliphatic rings. The molecule has 0 fully saturated rings. The molecule has 2 aromatic heterocycles. The van der Waals surface area contributed by atoms with E-state index in [-0.39, 0.29) is 11.3 Å². The first-order valence-corrected chi connectivity index (χ1v) is 7.05. The van der Waals surface area contributed by atoms with Gasteiger partial charge in [-0.1, -0.05) is 30.3 Å². The van der Waals surface area contributed by atoms with Gasteiger partial charge in [0, 0.05) is 25.4 Å². The minimum Gasteiger partial charge on any atom is -0.304 e. The van der Waals surface area contributed by atoms with Crippen LogP contribution in [0.3, 0.4) is 0 Å². The van der Waals surface area contributed by atoms with E-state index in [9.17, 15) is 9.59 Å². The highest BCUT2D eigenvalue weighted by Crippen LogP contribution is 2.04. The minimum absolute atomic E-state index is 0.159. The highest BCUT2D eigenvalue weighted by molar-refractivity contribution is 6.02. The van der Waals surface area contributed by atoms with Crippen molar-refractivity contribution in [2.45, 2.75) is 6.54 Å². The summed E-state index contributed by atoms with van der Waals surface area (Å²) in [7, 11) is 1.76. The van der Waals surface area contributed by atoms with Gasteiger partial charge < -0.3 is 5.32 Å². The lowest BCUT2D eigenvalue weighted by Gasteiger charge is -2.07. The standard InChI is InChI=1S/C16H15N5O2/c1-20-10-9-14(19-20)17-16(23)13-7-8-15(22)21(18-13)11-12-5-3-2-4-6-12/h2-10H,11H2,1H3,(H,17,19,23). The van der Waals surface area contributed by atoms with Crippen LogP contribution < -0.4 is 10.9 Å². The number of nitrogens with one attached hydrogen (secondary N) is 1. The topological polar surface area (TPSA) is 81.8 Å². The first kappa shape index (κ1) is 14.7. The molecule has 1 N–H and O–H groups in total. The van der Waals surface area contributed by atoms with Gasteiger partial charge in [-0.05, 0) is 11.6 Å². The van der Waals surface area contributed by atoms with Gasteiger partial charge in [-0.15, -0.1) is 0 Å². The quantitative estimate of drug-likeness (QED) is 0.787. The molecule has 0 spiro atoms. The van der Waals surface area contributed by atoms with Gasteiger partial charge in [-0.25, -0.2) is 4.68 Å². The molecule has 0 unspecified atom stereocenters. The number of aromatic nitrogens is 4. The maximum Gasteiger partial charge on any atom is 0.277 e. The normalized spacial score (nSPS) is 10.5. The molecule has 0 bridgehead atoms. The lowest BCUT2D eigenvalue weighted by atomic mass is 10.2. The van der Waals surface area contributed by atoms with Gasteiger partial charge in [0.25, 0.3) is 11.5 Å². The van der Waals surface area contributed by atoms with Crippen LogP contribution in [-0.4, -0.2) is 25.5 Å². The Bertz CT molecular complexity index is 883. The van der Waals surface area contributed by atoms with Crippen LogP contribution in [0.1, 0.15) is 16.1 Å². The van der Waals surface area contributed by atoms with Gasteiger partial charge in [-0.2, -0.15) is 10.2 Å². The summed E-state index contributed by atoms with van der Waals surface area (Å²) in [4.78, 5) is 24.1. The number of carbonyl (C=O) groups excluding carboxylic acids is 1. The fourth-order valence-electron chi connectivity index (χ4n) is 2.10. The molecule has 0 aliphatic carbocycles. The molecule has 2 heterocycles. The average Bonchev–Trinajstić information content (AvgIpc) is 2.95. The highest BCUT2D eigenvalue weighted by atomic mass is 16.2. The van der Waals surface area contributed by atoms with Crippen molar-refractivity contribution in [3.8, 4) is 0 Å². The third-order valence-electron chi connectivity index (χ3n) is 3.23. The van der Waals surface area contributed by atoms with Crippen LogP contribution in [0.15, 0.2) is 59.5 Å². The molecule has 3 aromatic rings. The Hall–Kier alpha value is -3.22. The van der Waals surface area contributed by atoms with E-state index in [1.807, 2.05) is 30.3 Å². The number of nitrogens with zero attached hydrogens (tertiary/aromatic N) is 4. The largest absolute Gasteiger partial charge is 0.304 e. The summed E-state index contributed by atoms with van der Waals surface area (Å²) in [5.74, 6) is 0.0191. The number of rotatable bonds is 4. The van der Waals surface area contributed by atoms with Crippen LogP contribution in [0, 0.1) is 0 Å². The maximum absolute atomic E-state index is 12.2. The molecular weight excluding hydrogens is 294 g/mol. The van der Waals surface area contributed by atoms with Gasteiger partial charge in [-0.3, -0.25) is 14.3 Å². The van der Waals surface area contributed by atoms with Crippen molar-refractivity contribution in [3.05, 3.63) is 76.3 Å². The molecule has 7 heteroatoms. The van der Waals surface area contributed by atoms with Crippen molar-refractivity contribution in [2.75, 3.05) is 5.32 Å². The van der Waals surface area contributed by atoms with Crippen molar-refractivity contribution >= 4 is 11.7 Å². The number of hydrogen-bond donors (Lipinski definition) is 1. The van der Waals surface area contributed by atoms with Crippen molar-refractivity contribution in [1.29, 1.82) is 0 Å². The number of benzene rings is 1. The Kier molecular flexibility index (Phi) is 4.01. The van der Waals surface area contributed by atoms with Crippen molar-refractivity contribution in [3.63, 3.8) is 0 Å². The van der Waals surface area contributed by atoms with Crippen LogP contribution >= 0.6 is 0 Å². The first-order chi connectivity index (χ1) is 11.1. The minimum atomic E-state index is -0.412. The van der Waals surface area contributed by atoms with E-state index in [0.717, 1.165) is 5.56 Å². The van der Waals surface area contributed by atoms with Crippen molar-refractivity contribution in [2.24, 2.45) is 7.05 Å². The number of aryl methyl sites for hydroxylation is 1. The van der Waals surface area contributed by atoms with Gasteiger partial charge in [0.15, 0.2) is 5.82 Å². The SMILES string of the molecule is Cn1ccc(NC(=O)c2ccc(=O)n(Cc3ccccc3)n2)n1. The third-order valence-corrected chi connectivity index (χ3v) is 3.23. The molecule has 7 nitrogen and oxygen atoms in total. The predicted molar refractivity (Wildman–Crippen MR) is 85.2 cm³/mol. The predicted octanol–water partition coefficient (Wildman–Crippen LogP) is 1.28. The molecule has 1 amide bonds. The van der Waals surface area contributed by atoms with Gasteiger partial charge in [0.1, 0.15) is 5.69 Å². The van der Waals surface area contributed by atoms with Gasteiger partial charge in [0.2, 0.25) is 0 Å². The lowest BCUT2D eigenvalue weighted by molar-refractivity contribution is 0.101. The molecule has 3 rings (SSSR count). The van der Waals surface area contributed by atoms with Crippen LogP contribution in [0.5, 0.6) is 0 Å². The van der Waals surface area contributed by atoms with E-state index in [0.29, 0.717) is 12.4 Å². The molecule has 0 atom stereocenters. The Morgan fingerprint density at radius 3 is 2.57 bits per heavy atom. The second-order valence-electron chi connectivity index (χ2n) is 5.03. The first-order valence-electron chi connectivity index (χ1n) is 7.05.